The summed E-state index contributed by atoms with van der Waals surface area (Å²) in [5, 5.41) is 20.7. The highest BCUT2D eigenvalue weighted by Gasteiger charge is 2.44. The zero-order valence-corrected chi connectivity index (χ0v) is 20.9. The van der Waals surface area contributed by atoms with Gasteiger partial charge < -0.3 is 19.9 Å². The largest absolute Gasteiger partial charge is 0.508 e. The Morgan fingerprint density at radius 3 is 2.56 bits per heavy atom. The number of aromatic amines is 1. The minimum absolute atomic E-state index is 0.0741. The third-order valence-electron chi connectivity index (χ3n) is 7.68. The van der Waals surface area contributed by atoms with Crippen LogP contribution in [0.3, 0.4) is 0 Å². The van der Waals surface area contributed by atoms with Crippen molar-refractivity contribution in [3.63, 3.8) is 0 Å². The summed E-state index contributed by atoms with van der Waals surface area (Å²) in [6, 6.07) is 6.18. The fraction of sp³-hybridized carbons (Fsp3) is 0.414. The molecule has 2 aliphatic carbocycles. The van der Waals surface area contributed by atoms with Crippen LogP contribution in [0.5, 0.6) is 11.5 Å². The van der Waals surface area contributed by atoms with E-state index in [1.54, 1.807) is 12.1 Å². The third-order valence-corrected chi connectivity index (χ3v) is 7.68. The quantitative estimate of drug-likeness (QED) is 0.297. The van der Waals surface area contributed by atoms with Crippen LogP contribution < -0.4 is 5.56 Å². The lowest BCUT2D eigenvalue weighted by Gasteiger charge is -2.45. The molecule has 1 heterocycles. The summed E-state index contributed by atoms with van der Waals surface area (Å²) >= 11 is 0. The van der Waals surface area contributed by atoms with E-state index in [9.17, 15) is 24.6 Å². The molecule has 36 heavy (non-hydrogen) atoms. The Labute approximate surface area is 210 Å². The molecule has 0 radical (unpaired) electrons. The molecule has 2 aromatic rings. The van der Waals surface area contributed by atoms with E-state index < -0.39 is 17.3 Å². The number of ether oxygens (including phenoxy) is 1. The number of fused-ring (bicyclic) bond motifs is 1. The maximum absolute atomic E-state index is 13.9. The van der Waals surface area contributed by atoms with Gasteiger partial charge in [0.2, 0.25) is 0 Å². The first kappa shape index (κ1) is 25.5. The Morgan fingerprint density at radius 2 is 1.89 bits per heavy atom. The van der Waals surface area contributed by atoms with Crippen molar-refractivity contribution >= 4 is 11.8 Å². The fourth-order valence-electron chi connectivity index (χ4n) is 5.97. The number of H-pyrrole nitrogens is 1. The summed E-state index contributed by atoms with van der Waals surface area (Å²) < 4.78 is 5.29. The van der Waals surface area contributed by atoms with E-state index >= 15 is 0 Å². The smallest absolute Gasteiger partial charge is 0.302 e. The lowest BCUT2D eigenvalue weighted by atomic mass is 9.59. The highest BCUT2D eigenvalue weighted by Crippen LogP contribution is 2.49. The number of rotatable bonds is 6. The van der Waals surface area contributed by atoms with E-state index in [1.165, 1.54) is 25.3 Å². The number of nitrogens with one attached hydrogen (secondary N) is 1. The predicted octanol–water partition coefficient (Wildman–Crippen LogP) is 5.00. The average Bonchev–Trinajstić information content (AvgIpc) is 2.85. The number of aromatic nitrogens is 1. The van der Waals surface area contributed by atoms with Crippen LogP contribution in [0.2, 0.25) is 0 Å². The molecule has 1 saturated carbocycles. The number of carbonyl (C=O) groups is 2. The monoisotopic (exact) mass is 491 g/mol. The summed E-state index contributed by atoms with van der Waals surface area (Å²) in [6.45, 7) is 5.73. The van der Waals surface area contributed by atoms with Gasteiger partial charge in [0.1, 0.15) is 17.1 Å². The SMILES string of the molecule is C/C=C/[C@@H]1[C@H]2C[C@@H](COC(C)=O)CC[C@@H]2C(C)=C[C@H]1C(=O)c1c(O)c(-c2ccc(O)cc2)c[nH]c1=O. The number of benzene rings is 1. The molecule has 4 rings (SSSR count). The number of carbonyl (C=O) groups excluding carboxylic acids is 2. The molecule has 0 amide bonds. The summed E-state index contributed by atoms with van der Waals surface area (Å²) in [5.41, 5.74) is 1.11. The van der Waals surface area contributed by atoms with Crippen molar-refractivity contribution in [2.45, 2.75) is 40.0 Å². The number of hydrogen-bond acceptors (Lipinski definition) is 6. The molecule has 0 bridgehead atoms. The molecule has 0 spiro atoms. The van der Waals surface area contributed by atoms with E-state index in [2.05, 4.69) is 4.98 Å². The van der Waals surface area contributed by atoms with Gasteiger partial charge in [-0.3, -0.25) is 14.4 Å². The van der Waals surface area contributed by atoms with Crippen LogP contribution in [-0.2, 0) is 9.53 Å². The van der Waals surface area contributed by atoms with Gasteiger partial charge in [0.15, 0.2) is 5.78 Å². The van der Waals surface area contributed by atoms with Crippen LogP contribution in [0.1, 0.15) is 50.4 Å². The first-order chi connectivity index (χ1) is 17.2. The summed E-state index contributed by atoms with van der Waals surface area (Å²) in [5.74, 6) is -1.04. The van der Waals surface area contributed by atoms with Crippen molar-refractivity contribution in [3.8, 4) is 22.6 Å². The average molecular weight is 492 g/mol. The minimum Gasteiger partial charge on any atom is -0.508 e. The maximum atomic E-state index is 13.9. The second kappa shape index (κ2) is 10.6. The molecule has 0 aliphatic heterocycles. The van der Waals surface area contributed by atoms with Gasteiger partial charge in [-0.15, -0.1) is 0 Å². The molecule has 0 unspecified atom stereocenters. The van der Waals surface area contributed by atoms with Gasteiger partial charge in [-0.1, -0.05) is 35.9 Å². The molecule has 1 aromatic heterocycles. The molecule has 7 nitrogen and oxygen atoms in total. The zero-order chi connectivity index (χ0) is 26.0. The second-order valence-electron chi connectivity index (χ2n) is 9.96. The Kier molecular flexibility index (Phi) is 7.48. The van der Waals surface area contributed by atoms with Gasteiger partial charge in [0, 0.05) is 24.6 Å². The number of Topliss-reactive ketones (excluding diaryl/α,β-unsaturated/α-hetero) is 1. The Morgan fingerprint density at radius 1 is 1.17 bits per heavy atom. The number of aromatic hydroxyl groups is 2. The first-order valence-electron chi connectivity index (χ1n) is 12.4. The van der Waals surface area contributed by atoms with Gasteiger partial charge in [0.25, 0.3) is 5.56 Å². The number of pyridine rings is 1. The van der Waals surface area contributed by atoms with Gasteiger partial charge in [-0.2, -0.15) is 0 Å². The Hall–Kier alpha value is -3.61. The molecule has 0 saturated heterocycles. The van der Waals surface area contributed by atoms with Crippen molar-refractivity contribution in [1.29, 1.82) is 0 Å². The molecule has 5 atom stereocenters. The highest BCUT2D eigenvalue weighted by atomic mass is 16.5. The summed E-state index contributed by atoms with van der Waals surface area (Å²) in [7, 11) is 0. The van der Waals surface area contributed by atoms with Crippen LogP contribution in [0, 0.1) is 29.6 Å². The second-order valence-corrected chi connectivity index (χ2v) is 9.96. The van der Waals surface area contributed by atoms with E-state index in [-0.39, 0.29) is 40.8 Å². The van der Waals surface area contributed by atoms with Crippen LogP contribution in [0.4, 0.5) is 0 Å². The van der Waals surface area contributed by atoms with Crippen LogP contribution in [0.15, 0.2) is 59.1 Å². The molecule has 190 valence electrons. The first-order valence-corrected chi connectivity index (χ1v) is 12.4. The molecule has 7 heteroatoms. The van der Waals surface area contributed by atoms with Crippen molar-refractivity contribution in [2.75, 3.05) is 6.61 Å². The standard InChI is InChI=1S/C29H33NO6/c1-4-5-22-23-13-18(15-36-17(3)31)6-11-21(23)16(2)12-24(22)27(33)26-28(34)25(14-30-29(26)35)19-7-9-20(32)10-8-19/h4-5,7-10,12,14,18,21-24,32H,6,11,13,15H2,1-3H3,(H2,30,34,35)/b5-4+/t18-,21+,22+,23-,24+/m0/s1. The summed E-state index contributed by atoms with van der Waals surface area (Å²) in [6.07, 6.45) is 10.0. The number of ketones is 1. The number of hydrogen-bond donors (Lipinski definition) is 3. The lowest BCUT2D eigenvalue weighted by Crippen LogP contribution is -2.41. The topological polar surface area (TPSA) is 117 Å². The van der Waals surface area contributed by atoms with Gasteiger partial charge >= 0.3 is 5.97 Å². The van der Waals surface area contributed by atoms with Crippen molar-refractivity contribution in [3.05, 3.63) is 70.2 Å². The molecule has 1 fully saturated rings. The van der Waals surface area contributed by atoms with Gasteiger partial charge in [-0.05, 0) is 74.5 Å². The van der Waals surface area contributed by atoms with Gasteiger partial charge in [0.05, 0.1) is 6.61 Å². The van der Waals surface area contributed by atoms with E-state index in [0.717, 1.165) is 24.8 Å². The van der Waals surface area contributed by atoms with E-state index in [0.29, 0.717) is 23.7 Å². The van der Waals surface area contributed by atoms with E-state index in [1.807, 2.05) is 32.1 Å². The highest BCUT2D eigenvalue weighted by molar-refractivity contribution is 6.03. The minimum atomic E-state index is -0.635. The maximum Gasteiger partial charge on any atom is 0.302 e. The van der Waals surface area contributed by atoms with Crippen LogP contribution >= 0.6 is 0 Å². The van der Waals surface area contributed by atoms with E-state index in [4.69, 9.17) is 4.74 Å². The molecule has 1 aromatic carbocycles. The molecule has 3 N–H and O–H groups in total. The predicted molar refractivity (Wildman–Crippen MR) is 137 cm³/mol. The fourth-order valence-corrected chi connectivity index (χ4v) is 5.97. The molecular weight excluding hydrogens is 458 g/mol. The number of allylic oxidation sites excluding steroid dienone is 4. The summed E-state index contributed by atoms with van der Waals surface area (Å²) in [4.78, 5) is 40.7. The number of phenols is 1. The van der Waals surface area contributed by atoms with Crippen LogP contribution in [-0.4, -0.2) is 33.6 Å². The number of phenolic OH excluding ortho intramolecular Hbond substituents is 1. The Balaban J connectivity index is 1.71. The lowest BCUT2D eigenvalue weighted by molar-refractivity contribution is -0.143. The Bertz CT molecular complexity index is 1260. The van der Waals surface area contributed by atoms with Crippen LogP contribution in [0.25, 0.3) is 11.1 Å². The van der Waals surface area contributed by atoms with Crippen molar-refractivity contribution in [1.82, 2.24) is 4.98 Å². The van der Waals surface area contributed by atoms with Crippen molar-refractivity contribution in [2.24, 2.45) is 29.6 Å². The van der Waals surface area contributed by atoms with Gasteiger partial charge in [-0.25, -0.2) is 0 Å². The number of esters is 1. The molecule has 2 aliphatic rings. The zero-order valence-electron chi connectivity index (χ0n) is 20.9. The normalized spacial score (nSPS) is 25.8. The van der Waals surface area contributed by atoms with Crippen molar-refractivity contribution < 1.29 is 24.5 Å². The molecular formula is C29H33NO6. The third kappa shape index (κ3) is 5.01.